The summed E-state index contributed by atoms with van der Waals surface area (Å²) in [7, 11) is 0. The molecule has 0 amide bonds. The Morgan fingerprint density at radius 1 is 1.50 bits per heavy atom. The Balaban J connectivity index is 0.00000128. The molecule has 0 spiro atoms. The van der Waals surface area contributed by atoms with E-state index in [1.54, 1.807) is 0 Å². The molecule has 16 heavy (non-hydrogen) atoms. The van der Waals surface area contributed by atoms with Gasteiger partial charge in [-0.15, -0.1) is 12.4 Å². The first-order valence-electron chi connectivity index (χ1n) is 5.07. The minimum atomic E-state index is 0. The van der Waals surface area contributed by atoms with Crippen LogP contribution < -0.4 is 5.73 Å². The third kappa shape index (κ3) is 3.84. The Morgan fingerprint density at radius 3 is 2.81 bits per heavy atom. The fourth-order valence-electron chi connectivity index (χ4n) is 1.90. The van der Waals surface area contributed by atoms with Gasteiger partial charge in [0.1, 0.15) is 0 Å². The number of halogens is 3. The normalized spacial score (nSPS) is 20.8. The van der Waals surface area contributed by atoms with Crippen molar-refractivity contribution < 1.29 is 0 Å². The molecule has 2 rings (SSSR count). The molecule has 5 heteroatoms. The van der Waals surface area contributed by atoms with Crippen LogP contribution in [0.4, 0.5) is 0 Å². The molecule has 1 atom stereocenters. The molecule has 1 heterocycles. The highest BCUT2D eigenvalue weighted by Gasteiger charge is 2.18. The number of nitrogens with two attached hydrogens (primary N) is 1. The number of hydrogen-bond donors (Lipinski definition) is 1. The fourth-order valence-corrected chi connectivity index (χ4v) is 2.66. The first-order chi connectivity index (χ1) is 7.15. The third-order valence-electron chi connectivity index (χ3n) is 2.70. The Hall–Kier alpha value is 0.640. The second-order valence-electron chi connectivity index (χ2n) is 4.03. The van der Waals surface area contributed by atoms with Crippen LogP contribution in [0.2, 0.25) is 0 Å². The number of nitrogens with zero attached hydrogens (tertiary/aromatic N) is 1. The maximum atomic E-state index is 5.88. The number of hydrogen-bond acceptors (Lipinski definition) is 2. The molecule has 0 aliphatic carbocycles. The maximum absolute atomic E-state index is 5.88. The predicted octanol–water partition coefficient (Wildman–Crippen LogP) is 3.01. The summed E-state index contributed by atoms with van der Waals surface area (Å²) in [6.07, 6.45) is 1.13. The van der Waals surface area contributed by atoms with E-state index in [1.807, 2.05) is 0 Å². The first-order valence-corrected chi connectivity index (χ1v) is 6.94. The van der Waals surface area contributed by atoms with E-state index in [-0.39, 0.29) is 12.4 Å². The topological polar surface area (TPSA) is 29.3 Å². The smallest absolute Gasteiger partial charge is 0.0312 e. The molecule has 1 aliphatic rings. The van der Waals surface area contributed by atoms with Crippen LogP contribution in [0.3, 0.4) is 0 Å². The van der Waals surface area contributed by atoms with Crippen molar-refractivity contribution in [3.05, 3.63) is 31.8 Å². The van der Waals surface area contributed by atoms with Gasteiger partial charge in [-0.25, -0.2) is 0 Å². The molecule has 1 aromatic rings. The van der Waals surface area contributed by atoms with E-state index in [1.165, 1.54) is 13.6 Å². The number of likely N-dealkylation sites (tertiary alicyclic amines) is 1. The lowest BCUT2D eigenvalue weighted by molar-refractivity contribution is 0.327. The lowest BCUT2D eigenvalue weighted by Gasteiger charge is -2.15. The Bertz CT molecular complexity index is 362. The van der Waals surface area contributed by atoms with Gasteiger partial charge in [0.2, 0.25) is 0 Å². The van der Waals surface area contributed by atoms with Crippen molar-refractivity contribution in [1.29, 1.82) is 0 Å². The number of rotatable bonds is 2. The van der Waals surface area contributed by atoms with E-state index in [2.05, 4.69) is 61.6 Å². The second kappa shape index (κ2) is 6.54. The SMILES string of the molecule is Cl.NC1CCN(Cc2ccc(I)c(Br)c2)C1. The zero-order valence-electron chi connectivity index (χ0n) is 8.83. The zero-order valence-corrected chi connectivity index (χ0v) is 13.4. The van der Waals surface area contributed by atoms with Crippen molar-refractivity contribution in [2.75, 3.05) is 13.1 Å². The molecule has 0 bridgehead atoms. The lowest BCUT2D eigenvalue weighted by atomic mass is 10.2. The fraction of sp³-hybridized carbons (Fsp3) is 0.455. The standard InChI is InChI=1S/C11H14BrIN2.ClH/c12-10-5-8(1-2-11(10)13)6-15-4-3-9(14)7-15;/h1-2,5,9H,3-4,6-7,14H2;1H. The van der Waals surface area contributed by atoms with E-state index < -0.39 is 0 Å². The average molecular weight is 418 g/mol. The Labute approximate surface area is 125 Å². The van der Waals surface area contributed by atoms with Crippen molar-refractivity contribution in [2.45, 2.75) is 19.0 Å². The molecule has 0 radical (unpaired) electrons. The van der Waals surface area contributed by atoms with E-state index in [9.17, 15) is 0 Å². The van der Waals surface area contributed by atoms with Gasteiger partial charge in [-0.05, 0) is 62.6 Å². The van der Waals surface area contributed by atoms with Crippen LogP contribution in [0.5, 0.6) is 0 Å². The molecular weight excluding hydrogens is 402 g/mol. The van der Waals surface area contributed by atoms with Crippen LogP contribution in [0.25, 0.3) is 0 Å². The van der Waals surface area contributed by atoms with Crippen LogP contribution in [0.15, 0.2) is 22.7 Å². The molecular formula is C11H15BrClIN2. The van der Waals surface area contributed by atoms with E-state index >= 15 is 0 Å². The number of benzene rings is 1. The van der Waals surface area contributed by atoms with Crippen LogP contribution in [0.1, 0.15) is 12.0 Å². The highest BCUT2D eigenvalue weighted by molar-refractivity contribution is 14.1. The molecule has 1 unspecified atom stereocenters. The van der Waals surface area contributed by atoms with Gasteiger partial charge in [0.05, 0.1) is 0 Å². The second-order valence-corrected chi connectivity index (χ2v) is 6.05. The Kier molecular flexibility index (Phi) is 6.01. The van der Waals surface area contributed by atoms with E-state index in [4.69, 9.17) is 5.73 Å². The largest absolute Gasteiger partial charge is 0.326 e. The summed E-state index contributed by atoms with van der Waals surface area (Å²) >= 11 is 5.88. The zero-order chi connectivity index (χ0) is 10.8. The minimum absolute atomic E-state index is 0. The van der Waals surface area contributed by atoms with Gasteiger partial charge in [-0.1, -0.05) is 6.07 Å². The summed E-state index contributed by atoms with van der Waals surface area (Å²) in [4.78, 5) is 2.42. The molecule has 0 aromatic heterocycles. The van der Waals surface area contributed by atoms with Gasteiger partial charge >= 0.3 is 0 Å². The predicted molar refractivity (Wildman–Crippen MR) is 82.0 cm³/mol. The summed E-state index contributed by atoms with van der Waals surface area (Å²) in [5.41, 5.74) is 7.24. The molecule has 1 saturated heterocycles. The molecule has 90 valence electrons. The van der Waals surface area contributed by atoms with E-state index in [0.717, 1.165) is 26.1 Å². The quantitative estimate of drug-likeness (QED) is 0.750. The van der Waals surface area contributed by atoms with Gasteiger partial charge in [-0.3, -0.25) is 4.90 Å². The van der Waals surface area contributed by atoms with Crippen LogP contribution >= 0.6 is 50.9 Å². The van der Waals surface area contributed by atoms with Crippen molar-refractivity contribution in [3.8, 4) is 0 Å². The average Bonchev–Trinajstić information content (AvgIpc) is 2.58. The summed E-state index contributed by atoms with van der Waals surface area (Å²) in [5, 5.41) is 0. The van der Waals surface area contributed by atoms with Crippen molar-refractivity contribution in [1.82, 2.24) is 4.90 Å². The van der Waals surface area contributed by atoms with E-state index in [0.29, 0.717) is 6.04 Å². The minimum Gasteiger partial charge on any atom is -0.326 e. The van der Waals surface area contributed by atoms with Crippen molar-refractivity contribution in [3.63, 3.8) is 0 Å². The molecule has 1 aromatic carbocycles. The summed E-state index contributed by atoms with van der Waals surface area (Å²) in [5.74, 6) is 0. The molecule has 2 nitrogen and oxygen atoms in total. The first kappa shape index (κ1) is 14.7. The van der Waals surface area contributed by atoms with Crippen LogP contribution in [-0.2, 0) is 6.54 Å². The highest BCUT2D eigenvalue weighted by Crippen LogP contribution is 2.21. The summed E-state index contributed by atoms with van der Waals surface area (Å²) in [6, 6.07) is 6.91. The highest BCUT2D eigenvalue weighted by atomic mass is 127. The van der Waals surface area contributed by atoms with Crippen molar-refractivity contribution in [2.24, 2.45) is 5.73 Å². The van der Waals surface area contributed by atoms with Gasteiger partial charge < -0.3 is 5.73 Å². The van der Waals surface area contributed by atoms with Crippen LogP contribution in [-0.4, -0.2) is 24.0 Å². The lowest BCUT2D eigenvalue weighted by Crippen LogP contribution is -2.26. The summed E-state index contributed by atoms with van der Waals surface area (Å²) in [6.45, 7) is 3.18. The summed E-state index contributed by atoms with van der Waals surface area (Å²) < 4.78 is 2.44. The maximum Gasteiger partial charge on any atom is 0.0312 e. The van der Waals surface area contributed by atoms with Gasteiger partial charge in [0.25, 0.3) is 0 Å². The van der Waals surface area contributed by atoms with Gasteiger partial charge in [0.15, 0.2) is 0 Å². The molecule has 2 N–H and O–H groups in total. The Morgan fingerprint density at radius 2 is 2.25 bits per heavy atom. The van der Waals surface area contributed by atoms with Crippen molar-refractivity contribution >= 4 is 50.9 Å². The molecule has 0 saturated carbocycles. The van der Waals surface area contributed by atoms with Crippen LogP contribution in [0, 0.1) is 3.57 Å². The van der Waals surface area contributed by atoms with Gasteiger partial charge in [0, 0.05) is 33.7 Å². The van der Waals surface area contributed by atoms with Gasteiger partial charge in [-0.2, -0.15) is 0 Å². The molecule has 1 fully saturated rings. The third-order valence-corrected chi connectivity index (χ3v) is 5.04. The monoisotopic (exact) mass is 416 g/mol. The molecule has 1 aliphatic heterocycles.